The van der Waals surface area contributed by atoms with Crippen LogP contribution in [0.5, 0.6) is 5.75 Å². The highest BCUT2D eigenvalue weighted by molar-refractivity contribution is 5.34. The molecule has 0 fully saturated rings. The molecule has 1 N–H and O–H groups in total. The van der Waals surface area contributed by atoms with Crippen molar-refractivity contribution in [2.45, 2.75) is 52.1 Å². The van der Waals surface area contributed by atoms with Gasteiger partial charge in [-0.2, -0.15) is 0 Å². The molecule has 0 spiro atoms. The lowest BCUT2D eigenvalue weighted by Crippen LogP contribution is -2.02. The third-order valence-electron chi connectivity index (χ3n) is 2.91. The average molecular weight is 236 g/mol. The first-order valence-electron chi connectivity index (χ1n) is 6.69. The molecule has 0 heterocycles. The molecule has 1 aromatic carbocycles. The van der Waals surface area contributed by atoms with Crippen LogP contribution in [-0.2, 0) is 0 Å². The molecule has 1 aromatic rings. The zero-order chi connectivity index (χ0) is 12.5. The number of ether oxygens (including phenoxy) is 1. The number of rotatable bonds is 8. The van der Waals surface area contributed by atoms with Crippen LogP contribution in [0.15, 0.2) is 24.3 Å². The SMILES string of the molecule is CCCCCCC(O)c1ccccc1OCC. The minimum absolute atomic E-state index is 0.394. The maximum absolute atomic E-state index is 10.1. The second-order valence-corrected chi connectivity index (χ2v) is 4.34. The molecule has 0 aliphatic rings. The van der Waals surface area contributed by atoms with Gasteiger partial charge in [-0.3, -0.25) is 0 Å². The third-order valence-corrected chi connectivity index (χ3v) is 2.91. The minimum Gasteiger partial charge on any atom is -0.493 e. The Bertz CT molecular complexity index is 310. The quantitative estimate of drug-likeness (QED) is 0.689. The molecule has 1 unspecified atom stereocenters. The molecule has 96 valence electrons. The van der Waals surface area contributed by atoms with Crippen LogP contribution in [0.1, 0.15) is 57.6 Å². The van der Waals surface area contributed by atoms with Crippen LogP contribution < -0.4 is 4.74 Å². The topological polar surface area (TPSA) is 29.5 Å². The van der Waals surface area contributed by atoms with Gasteiger partial charge in [-0.1, -0.05) is 50.8 Å². The molecular formula is C15H24O2. The van der Waals surface area contributed by atoms with E-state index in [1.807, 2.05) is 31.2 Å². The minimum atomic E-state index is -0.394. The Labute approximate surface area is 105 Å². The highest BCUT2D eigenvalue weighted by Gasteiger charge is 2.12. The monoisotopic (exact) mass is 236 g/mol. The molecule has 2 nitrogen and oxygen atoms in total. The van der Waals surface area contributed by atoms with E-state index >= 15 is 0 Å². The van der Waals surface area contributed by atoms with Crippen LogP contribution in [-0.4, -0.2) is 11.7 Å². The normalized spacial score (nSPS) is 12.4. The van der Waals surface area contributed by atoms with Gasteiger partial charge in [0.15, 0.2) is 0 Å². The fourth-order valence-electron chi connectivity index (χ4n) is 1.96. The molecule has 1 atom stereocenters. The van der Waals surface area contributed by atoms with Gasteiger partial charge < -0.3 is 9.84 Å². The summed E-state index contributed by atoms with van der Waals surface area (Å²) in [6.45, 7) is 4.80. The Morgan fingerprint density at radius 1 is 1.12 bits per heavy atom. The summed E-state index contributed by atoms with van der Waals surface area (Å²) < 4.78 is 5.53. The number of hydrogen-bond donors (Lipinski definition) is 1. The molecule has 0 bridgehead atoms. The summed E-state index contributed by atoms with van der Waals surface area (Å²) in [5, 5.41) is 10.1. The zero-order valence-electron chi connectivity index (χ0n) is 11.0. The summed E-state index contributed by atoms with van der Waals surface area (Å²) in [5.41, 5.74) is 0.922. The number of aliphatic hydroxyl groups excluding tert-OH is 1. The van der Waals surface area contributed by atoms with Gasteiger partial charge in [0.25, 0.3) is 0 Å². The first-order valence-corrected chi connectivity index (χ1v) is 6.69. The molecule has 0 amide bonds. The highest BCUT2D eigenvalue weighted by Crippen LogP contribution is 2.28. The highest BCUT2D eigenvalue weighted by atomic mass is 16.5. The Hall–Kier alpha value is -1.02. The fourth-order valence-corrected chi connectivity index (χ4v) is 1.96. The molecule has 2 heteroatoms. The number of unbranched alkanes of at least 4 members (excludes halogenated alkanes) is 3. The molecule has 17 heavy (non-hydrogen) atoms. The predicted octanol–water partition coefficient (Wildman–Crippen LogP) is 4.09. The van der Waals surface area contributed by atoms with Gasteiger partial charge in [0.05, 0.1) is 12.7 Å². The van der Waals surface area contributed by atoms with E-state index in [4.69, 9.17) is 4.74 Å². The van der Waals surface area contributed by atoms with Gasteiger partial charge in [0, 0.05) is 5.56 Å². The molecule has 0 aliphatic heterocycles. The van der Waals surface area contributed by atoms with E-state index in [0.717, 1.165) is 24.2 Å². The van der Waals surface area contributed by atoms with E-state index in [-0.39, 0.29) is 0 Å². The largest absolute Gasteiger partial charge is 0.493 e. The van der Waals surface area contributed by atoms with Crippen molar-refractivity contribution < 1.29 is 9.84 Å². The second-order valence-electron chi connectivity index (χ2n) is 4.34. The van der Waals surface area contributed by atoms with Crippen LogP contribution in [0.4, 0.5) is 0 Å². The Kier molecular flexibility index (Phi) is 6.71. The van der Waals surface area contributed by atoms with Crippen LogP contribution >= 0.6 is 0 Å². The van der Waals surface area contributed by atoms with Crippen LogP contribution in [0, 0.1) is 0 Å². The lowest BCUT2D eigenvalue weighted by atomic mass is 10.0. The van der Waals surface area contributed by atoms with Gasteiger partial charge in [0.2, 0.25) is 0 Å². The summed E-state index contributed by atoms with van der Waals surface area (Å²) in [6, 6.07) is 7.77. The Morgan fingerprint density at radius 3 is 2.59 bits per heavy atom. The van der Waals surface area contributed by atoms with Crippen molar-refractivity contribution in [3.8, 4) is 5.75 Å². The maximum atomic E-state index is 10.1. The van der Waals surface area contributed by atoms with E-state index in [2.05, 4.69) is 6.92 Å². The number of para-hydroxylation sites is 1. The second kappa shape index (κ2) is 8.13. The van der Waals surface area contributed by atoms with E-state index < -0.39 is 6.10 Å². The predicted molar refractivity (Wildman–Crippen MR) is 71.3 cm³/mol. The summed E-state index contributed by atoms with van der Waals surface area (Å²) >= 11 is 0. The standard InChI is InChI=1S/C15H24O2/c1-3-5-6-7-11-14(16)13-10-8-9-12-15(13)17-4-2/h8-10,12,14,16H,3-7,11H2,1-2H3. The van der Waals surface area contributed by atoms with Gasteiger partial charge in [-0.05, 0) is 19.4 Å². The molecule has 0 aliphatic carbocycles. The summed E-state index contributed by atoms with van der Waals surface area (Å²) in [4.78, 5) is 0. The molecule has 0 saturated carbocycles. The third kappa shape index (κ3) is 4.78. The molecular weight excluding hydrogens is 212 g/mol. The molecule has 0 aromatic heterocycles. The number of aliphatic hydroxyl groups is 1. The van der Waals surface area contributed by atoms with Crippen LogP contribution in [0.2, 0.25) is 0 Å². The molecule has 1 rings (SSSR count). The zero-order valence-corrected chi connectivity index (χ0v) is 11.0. The van der Waals surface area contributed by atoms with Crippen molar-refractivity contribution in [1.29, 1.82) is 0 Å². The molecule has 0 radical (unpaired) electrons. The van der Waals surface area contributed by atoms with Crippen molar-refractivity contribution in [3.05, 3.63) is 29.8 Å². The van der Waals surface area contributed by atoms with Crippen molar-refractivity contribution in [2.75, 3.05) is 6.61 Å². The van der Waals surface area contributed by atoms with Crippen molar-refractivity contribution in [2.24, 2.45) is 0 Å². The van der Waals surface area contributed by atoms with Gasteiger partial charge >= 0.3 is 0 Å². The van der Waals surface area contributed by atoms with E-state index in [0.29, 0.717) is 6.61 Å². The van der Waals surface area contributed by atoms with Gasteiger partial charge in [-0.25, -0.2) is 0 Å². The van der Waals surface area contributed by atoms with Crippen LogP contribution in [0.25, 0.3) is 0 Å². The van der Waals surface area contributed by atoms with E-state index in [1.54, 1.807) is 0 Å². The summed E-state index contributed by atoms with van der Waals surface area (Å²) in [5.74, 6) is 0.818. The first kappa shape index (κ1) is 14.0. The maximum Gasteiger partial charge on any atom is 0.125 e. The smallest absolute Gasteiger partial charge is 0.125 e. The molecule has 0 saturated heterocycles. The Balaban J connectivity index is 2.52. The summed E-state index contributed by atoms with van der Waals surface area (Å²) in [6.07, 6.45) is 5.18. The van der Waals surface area contributed by atoms with Gasteiger partial charge in [0.1, 0.15) is 5.75 Å². The fraction of sp³-hybridized carbons (Fsp3) is 0.600. The van der Waals surface area contributed by atoms with Gasteiger partial charge in [-0.15, -0.1) is 0 Å². The first-order chi connectivity index (χ1) is 8.29. The number of benzene rings is 1. The van der Waals surface area contributed by atoms with Crippen LogP contribution in [0.3, 0.4) is 0 Å². The van der Waals surface area contributed by atoms with Crippen molar-refractivity contribution >= 4 is 0 Å². The Morgan fingerprint density at radius 2 is 1.88 bits per heavy atom. The van der Waals surface area contributed by atoms with E-state index in [9.17, 15) is 5.11 Å². The lowest BCUT2D eigenvalue weighted by molar-refractivity contribution is 0.158. The summed E-state index contributed by atoms with van der Waals surface area (Å²) in [7, 11) is 0. The average Bonchev–Trinajstić information content (AvgIpc) is 2.35. The lowest BCUT2D eigenvalue weighted by Gasteiger charge is -2.15. The van der Waals surface area contributed by atoms with Crippen molar-refractivity contribution in [1.82, 2.24) is 0 Å². The number of hydrogen-bond acceptors (Lipinski definition) is 2. The van der Waals surface area contributed by atoms with E-state index in [1.165, 1.54) is 19.3 Å². The van der Waals surface area contributed by atoms with Crippen molar-refractivity contribution in [3.63, 3.8) is 0 Å².